The fourth-order valence-electron chi connectivity index (χ4n) is 2.34. The molecule has 1 fully saturated rings. The summed E-state index contributed by atoms with van der Waals surface area (Å²) >= 11 is 0. The Bertz CT molecular complexity index is 320. The van der Waals surface area contributed by atoms with Crippen molar-refractivity contribution in [1.82, 2.24) is 5.32 Å². The van der Waals surface area contributed by atoms with Crippen LogP contribution in [0.1, 0.15) is 65.7 Å². The lowest BCUT2D eigenvalue weighted by molar-refractivity contribution is -0.129. The molecule has 0 unspecified atom stereocenters. The van der Waals surface area contributed by atoms with Crippen LogP contribution in [0.15, 0.2) is 0 Å². The second-order valence-electron chi connectivity index (χ2n) is 6.31. The maximum Gasteiger partial charge on any atom is 0.240 e. The maximum absolute atomic E-state index is 12.3. The van der Waals surface area contributed by atoms with E-state index in [9.17, 15) is 10.1 Å². The fraction of sp³-hybridized carbons (Fsp3) is 0.867. The Balaban J connectivity index is 2.65. The van der Waals surface area contributed by atoms with Gasteiger partial charge in [0, 0.05) is 6.54 Å². The van der Waals surface area contributed by atoms with Crippen molar-refractivity contribution in [3.05, 3.63) is 0 Å². The van der Waals surface area contributed by atoms with E-state index in [4.69, 9.17) is 0 Å². The van der Waals surface area contributed by atoms with E-state index in [-0.39, 0.29) is 11.3 Å². The molecule has 0 heterocycles. The maximum atomic E-state index is 12.3. The van der Waals surface area contributed by atoms with Crippen LogP contribution in [-0.2, 0) is 4.79 Å². The number of hydrogen-bond donors (Lipinski definition) is 1. The standard InChI is InChI=1S/C15H26N2O/c1-4-14(2,3)12-17-13(18)15(11-16)9-7-5-6-8-10-15/h4-10,12H2,1-3H3,(H,17,18). The van der Waals surface area contributed by atoms with Crippen LogP contribution in [0.2, 0.25) is 0 Å². The monoisotopic (exact) mass is 250 g/mol. The molecule has 0 aromatic heterocycles. The molecular formula is C15H26N2O. The van der Waals surface area contributed by atoms with Crippen molar-refractivity contribution in [2.45, 2.75) is 65.7 Å². The van der Waals surface area contributed by atoms with E-state index in [0.717, 1.165) is 44.9 Å². The normalized spacial score (nSPS) is 19.7. The minimum atomic E-state index is -0.764. The molecule has 0 spiro atoms. The molecule has 1 amide bonds. The molecule has 0 aliphatic heterocycles. The molecule has 0 bridgehead atoms. The molecule has 1 aliphatic carbocycles. The van der Waals surface area contributed by atoms with Gasteiger partial charge >= 0.3 is 0 Å². The van der Waals surface area contributed by atoms with Gasteiger partial charge in [-0.05, 0) is 24.7 Å². The highest BCUT2D eigenvalue weighted by atomic mass is 16.2. The Labute approximate surface area is 111 Å². The summed E-state index contributed by atoms with van der Waals surface area (Å²) in [6.07, 6.45) is 6.77. The van der Waals surface area contributed by atoms with Crippen LogP contribution >= 0.6 is 0 Å². The summed E-state index contributed by atoms with van der Waals surface area (Å²) < 4.78 is 0. The Morgan fingerprint density at radius 2 is 1.83 bits per heavy atom. The predicted octanol–water partition coefficient (Wildman–Crippen LogP) is 3.40. The number of nitrogens with one attached hydrogen (secondary N) is 1. The summed E-state index contributed by atoms with van der Waals surface area (Å²) in [4.78, 5) is 12.3. The topological polar surface area (TPSA) is 52.9 Å². The third kappa shape index (κ3) is 3.73. The van der Waals surface area contributed by atoms with Crippen LogP contribution in [0.4, 0.5) is 0 Å². The Kier molecular flexibility index (Phi) is 5.19. The van der Waals surface area contributed by atoms with E-state index in [1.165, 1.54) is 0 Å². The smallest absolute Gasteiger partial charge is 0.240 e. The molecule has 18 heavy (non-hydrogen) atoms. The number of nitriles is 1. The van der Waals surface area contributed by atoms with Crippen molar-refractivity contribution < 1.29 is 4.79 Å². The fourth-order valence-corrected chi connectivity index (χ4v) is 2.34. The average molecular weight is 250 g/mol. The largest absolute Gasteiger partial charge is 0.354 e. The van der Waals surface area contributed by atoms with E-state index < -0.39 is 5.41 Å². The van der Waals surface area contributed by atoms with Crippen molar-refractivity contribution in [2.75, 3.05) is 6.54 Å². The number of hydrogen-bond acceptors (Lipinski definition) is 2. The van der Waals surface area contributed by atoms with Crippen LogP contribution in [0.5, 0.6) is 0 Å². The van der Waals surface area contributed by atoms with Crippen molar-refractivity contribution in [3.8, 4) is 6.07 Å². The third-order valence-corrected chi connectivity index (χ3v) is 4.29. The van der Waals surface area contributed by atoms with Gasteiger partial charge in [0.1, 0.15) is 5.41 Å². The van der Waals surface area contributed by atoms with Crippen LogP contribution in [0.3, 0.4) is 0 Å². The molecule has 1 rings (SSSR count). The molecular weight excluding hydrogens is 224 g/mol. The summed E-state index contributed by atoms with van der Waals surface area (Å²) in [5, 5.41) is 12.4. The highest BCUT2D eigenvalue weighted by Gasteiger charge is 2.39. The Morgan fingerprint density at radius 1 is 1.28 bits per heavy atom. The highest BCUT2D eigenvalue weighted by molar-refractivity contribution is 5.85. The molecule has 0 saturated heterocycles. The molecule has 0 radical (unpaired) electrons. The van der Waals surface area contributed by atoms with Crippen molar-refractivity contribution in [1.29, 1.82) is 5.26 Å². The lowest BCUT2D eigenvalue weighted by Crippen LogP contribution is -2.43. The van der Waals surface area contributed by atoms with Gasteiger partial charge in [-0.1, -0.05) is 46.5 Å². The zero-order chi connectivity index (χ0) is 13.6. The molecule has 102 valence electrons. The van der Waals surface area contributed by atoms with Gasteiger partial charge in [0.25, 0.3) is 0 Å². The van der Waals surface area contributed by atoms with Crippen LogP contribution in [0.25, 0.3) is 0 Å². The van der Waals surface area contributed by atoms with Crippen LogP contribution in [-0.4, -0.2) is 12.5 Å². The molecule has 1 aliphatic rings. The number of carbonyl (C=O) groups excluding carboxylic acids is 1. The van der Waals surface area contributed by atoms with E-state index >= 15 is 0 Å². The molecule has 0 atom stereocenters. The summed E-state index contributed by atoms with van der Waals surface area (Å²) in [6.45, 7) is 7.06. The first-order valence-corrected chi connectivity index (χ1v) is 7.15. The van der Waals surface area contributed by atoms with E-state index in [2.05, 4.69) is 32.2 Å². The quantitative estimate of drug-likeness (QED) is 0.777. The van der Waals surface area contributed by atoms with Crippen LogP contribution < -0.4 is 5.32 Å². The number of rotatable bonds is 4. The zero-order valence-corrected chi connectivity index (χ0v) is 12.0. The summed E-state index contributed by atoms with van der Waals surface area (Å²) in [6, 6.07) is 2.30. The van der Waals surface area contributed by atoms with Gasteiger partial charge in [-0.25, -0.2) is 0 Å². The molecule has 0 aromatic rings. The Hall–Kier alpha value is -1.04. The molecule has 3 nitrogen and oxygen atoms in total. The molecule has 3 heteroatoms. The lowest BCUT2D eigenvalue weighted by atomic mass is 9.80. The first-order chi connectivity index (χ1) is 8.46. The summed E-state index contributed by atoms with van der Waals surface area (Å²) in [7, 11) is 0. The van der Waals surface area contributed by atoms with Gasteiger partial charge in [0.15, 0.2) is 0 Å². The molecule has 1 saturated carbocycles. The predicted molar refractivity (Wildman–Crippen MR) is 72.8 cm³/mol. The van der Waals surface area contributed by atoms with Gasteiger partial charge in [-0.2, -0.15) is 5.26 Å². The summed E-state index contributed by atoms with van der Waals surface area (Å²) in [5.41, 5.74) is -0.655. The number of amides is 1. The second kappa shape index (κ2) is 6.22. The zero-order valence-electron chi connectivity index (χ0n) is 12.0. The Morgan fingerprint density at radius 3 is 2.28 bits per heavy atom. The van der Waals surface area contributed by atoms with E-state index in [1.54, 1.807) is 0 Å². The van der Waals surface area contributed by atoms with E-state index in [1.807, 2.05) is 0 Å². The van der Waals surface area contributed by atoms with Crippen molar-refractivity contribution in [3.63, 3.8) is 0 Å². The van der Waals surface area contributed by atoms with Gasteiger partial charge in [-0.3, -0.25) is 4.79 Å². The molecule has 0 aromatic carbocycles. The van der Waals surface area contributed by atoms with Crippen molar-refractivity contribution in [2.24, 2.45) is 10.8 Å². The first-order valence-electron chi connectivity index (χ1n) is 7.15. The van der Waals surface area contributed by atoms with Gasteiger partial charge < -0.3 is 5.32 Å². The lowest BCUT2D eigenvalue weighted by Gasteiger charge is -2.28. The van der Waals surface area contributed by atoms with E-state index in [0.29, 0.717) is 6.54 Å². The first kappa shape index (κ1) is 15.0. The highest BCUT2D eigenvalue weighted by Crippen LogP contribution is 2.35. The average Bonchev–Trinajstić information content (AvgIpc) is 2.62. The van der Waals surface area contributed by atoms with Gasteiger partial charge in [0.05, 0.1) is 6.07 Å². The SMILES string of the molecule is CCC(C)(C)CNC(=O)C1(C#N)CCCCCC1. The van der Waals surface area contributed by atoms with Crippen LogP contribution in [0, 0.1) is 22.2 Å². The number of nitrogens with zero attached hydrogens (tertiary/aromatic N) is 1. The van der Waals surface area contributed by atoms with Gasteiger partial charge in [-0.15, -0.1) is 0 Å². The number of carbonyl (C=O) groups is 1. The van der Waals surface area contributed by atoms with Gasteiger partial charge in [0.2, 0.25) is 5.91 Å². The molecule has 1 N–H and O–H groups in total. The second-order valence-corrected chi connectivity index (χ2v) is 6.31. The minimum Gasteiger partial charge on any atom is -0.354 e. The third-order valence-electron chi connectivity index (χ3n) is 4.29. The van der Waals surface area contributed by atoms with Crippen molar-refractivity contribution >= 4 is 5.91 Å². The summed E-state index contributed by atoms with van der Waals surface area (Å²) in [5.74, 6) is -0.0478. The minimum absolute atomic E-state index is 0.0478.